The van der Waals surface area contributed by atoms with Crippen molar-refractivity contribution in [1.82, 2.24) is 0 Å². The number of pyridine rings is 2. The molecule has 134 valence electrons. The Balaban J connectivity index is 0.000000442. The van der Waals surface area contributed by atoms with Gasteiger partial charge in [0.15, 0.2) is 0 Å². The van der Waals surface area contributed by atoms with Crippen molar-refractivity contribution in [3.8, 4) is 11.1 Å². The predicted molar refractivity (Wildman–Crippen MR) is 65.7 cm³/mol. The van der Waals surface area contributed by atoms with Crippen molar-refractivity contribution in [2.24, 2.45) is 0 Å². The van der Waals surface area contributed by atoms with Crippen LogP contribution in [0.25, 0.3) is 11.1 Å². The maximum atomic E-state index is 12.5. The molecule has 0 saturated heterocycles. The molecule has 0 amide bonds. The van der Waals surface area contributed by atoms with Gasteiger partial charge >= 0.3 is 14.5 Å². The summed E-state index contributed by atoms with van der Waals surface area (Å²) in [5.74, 6) is 0. The number of rotatable bonds is 1. The lowest BCUT2D eigenvalue weighted by Crippen LogP contribution is -2.20. The summed E-state index contributed by atoms with van der Waals surface area (Å²) in [6.45, 7) is 0. The van der Waals surface area contributed by atoms with Gasteiger partial charge in [-0.3, -0.25) is 0 Å². The number of halogens is 10. The molecule has 0 saturated carbocycles. The van der Waals surface area contributed by atoms with Crippen LogP contribution in [-0.4, -0.2) is 14.5 Å². The van der Waals surface area contributed by atoms with Crippen molar-refractivity contribution >= 4 is 14.5 Å². The molecule has 2 heterocycles. The van der Waals surface area contributed by atoms with E-state index in [2.05, 4.69) is 0 Å². The van der Waals surface area contributed by atoms with Crippen LogP contribution in [0.2, 0.25) is 0 Å². The molecular weight excluding hydrogens is 360 g/mol. The number of hydrogen-bond donors (Lipinski definition) is 0. The summed E-state index contributed by atoms with van der Waals surface area (Å²) in [6, 6.07) is 6.49. The minimum atomic E-state index is -6.00. The summed E-state index contributed by atoms with van der Waals surface area (Å²) < 4.78 is 103. The van der Waals surface area contributed by atoms with Gasteiger partial charge in [0.05, 0.1) is 8.96 Å². The van der Waals surface area contributed by atoms with Crippen LogP contribution >= 0.6 is 0 Å². The van der Waals surface area contributed by atoms with Crippen molar-refractivity contribution in [3.63, 3.8) is 0 Å². The van der Waals surface area contributed by atoms with Crippen LogP contribution in [0.15, 0.2) is 49.1 Å². The van der Waals surface area contributed by atoms with Gasteiger partial charge in [0.25, 0.3) is 0 Å². The molecule has 0 N–H and O–H groups in total. The fourth-order valence-corrected chi connectivity index (χ4v) is 1.20. The molecular formula is C10H8B2F10N2. The Kier molecular flexibility index (Phi) is 8.27. The average Bonchev–Trinajstić information content (AvgIpc) is 2.37. The van der Waals surface area contributed by atoms with Crippen molar-refractivity contribution < 1.29 is 53.1 Å². The van der Waals surface area contributed by atoms with Gasteiger partial charge in [-0.15, -0.1) is 0 Å². The number of hydrogen-bond acceptors (Lipinski definition) is 0. The molecule has 0 fully saturated rings. The predicted octanol–water partition coefficient (Wildman–Crippen LogP) is 3.99. The zero-order valence-electron chi connectivity index (χ0n) is 11.4. The van der Waals surface area contributed by atoms with Crippen LogP contribution in [0.5, 0.6) is 0 Å². The fourth-order valence-electron chi connectivity index (χ4n) is 1.20. The van der Waals surface area contributed by atoms with Gasteiger partial charge in [0.2, 0.25) is 24.8 Å². The Bertz CT molecular complexity index is 530. The van der Waals surface area contributed by atoms with Gasteiger partial charge in [-0.2, -0.15) is 0 Å². The van der Waals surface area contributed by atoms with Crippen molar-refractivity contribution in [2.45, 2.75) is 0 Å². The first kappa shape index (κ1) is 21.7. The third-order valence-electron chi connectivity index (χ3n) is 1.92. The summed E-state index contributed by atoms with van der Waals surface area (Å²) in [4.78, 5) is 0.920. The second-order valence-electron chi connectivity index (χ2n) is 3.85. The normalized spacial score (nSPS) is 10.9. The fraction of sp³-hybridized carbons (Fsp3) is 0. The minimum absolute atomic E-state index is 0.460. The number of nitrogens with zero attached hydrogens (tertiary/aromatic N) is 2. The molecule has 0 aromatic carbocycles. The molecule has 0 atom stereocenters. The largest absolute Gasteiger partial charge is 0.673 e. The quantitative estimate of drug-likeness (QED) is 0.532. The summed E-state index contributed by atoms with van der Waals surface area (Å²) >= 11 is 0. The topological polar surface area (TPSA) is 7.76 Å². The maximum absolute atomic E-state index is 12.5. The van der Waals surface area contributed by atoms with Crippen molar-refractivity contribution in [2.75, 3.05) is 0 Å². The van der Waals surface area contributed by atoms with Crippen LogP contribution in [0.4, 0.5) is 43.5 Å². The zero-order chi connectivity index (χ0) is 19.0. The van der Waals surface area contributed by atoms with E-state index in [1.165, 1.54) is 24.8 Å². The highest BCUT2D eigenvalue weighted by Gasteiger charge is 2.21. The summed E-state index contributed by atoms with van der Waals surface area (Å²) in [7, 11) is -12.0. The lowest BCUT2D eigenvalue weighted by molar-refractivity contribution is -0.844. The van der Waals surface area contributed by atoms with E-state index in [1.54, 1.807) is 24.3 Å². The van der Waals surface area contributed by atoms with E-state index < -0.39 is 14.5 Å². The van der Waals surface area contributed by atoms with E-state index in [0.717, 1.165) is 11.1 Å². The molecule has 24 heavy (non-hydrogen) atoms. The highest BCUT2D eigenvalue weighted by atomic mass is 19.5. The third kappa shape index (κ3) is 14.7. The summed E-state index contributed by atoms with van der Waals surface area (Å²) in [6.07, 6.45) is 5.19. The van der Waals surface area contributed by atoms with E-state index in [9.17, 15) is 43.5 Å². The smallest absolute Gasteiger partial charge is 0.418 e. The first-order valence-corrected chi connectivity index (χ1v) is 5.85. The van der Waals surface area contributed by atoms with E-state index in [4.69, 9.17) is 0 Å². The van der Waals surface area contributed by atoms with Crippen LogP contribution in [0.3, 0.4) is 0 Å². The van der Waals surface area contributed by atoms with E-state index >= 15 is 0 Å². The van der Waals surface area contributed by atoms with E-state index in [1.807, 2.05) is 0 Å². The standard InChI is InChI=1S/C10H8F2N2.2BF4/c11-13-5-1-9(2-6-13)10-3-7-14(12)8-4-10;2*2-1(3,4)5/h1-8H;;/q+2;2*-1. The van der Waals surface area contributed by atoms with Gasteiger partial charge in [-0.05, 0) is 11.1 Å². The molecule has 0 bridgehead atoms. The van der Waals surface area contributed by atoms with Gasteiger partial charge < -0.3 is 34.5 Å². The minimum Gasteiger partial charge on any atom is -0.418 e. The second kappa shape index (κ2) is 9.13. The average molecular weight is 368 g/mol. The monoisotopic (exact) mass is 368 g/mol. The molecule has 0 aliphatic rings. The highest BCUT2D eigenvalue weighted by Crippen LogP contribution is 2.15. The van der Waals surface area contributed by atoms with Gasteiger partial charge in [-0.1, -0.05) is 0 Å². The van der Waals surface area contributed by atoms with E-state index in [0.29, 0.717) is 9.58 Å². The van der Waals surface area contributed by atoms with Crippen LogP contribution in [0, 0.1) is 0 Å². The molecule has 0 aliphatic heterocycles. The van der Waals surface area contributed by atoms with E-state index in [-0.39, 0.29) is 0 Å². The van der Waals surface area contributed by atoms with Crippen LogP contribution in [-0.2, 0) is 0 Å². The number of aromatic nitrogens is 2. The molecule has 0 spiro atoms. The Labute approximate surface area is 129 Å². The molecule has 0 aliphatic carbocycles. The zero-order valence-corrected chi connectivity index (χ0v) is 11.4. The second-order valence-corrected chi connectivity index (χ2v) is 3.85. The van der Waals surface area contributed by atoms with Gasteiger partial charge in [0, 0.05) is 33.8 Å². The summed E-state index contributed by atoms with van der Waals surface area (Å²) in [5.41, 5.74) is 1.69. The molecule has 2 rings (SSSR count). The SMILES string of the molecule is F[B-](F)(F)F.F[B-](F)(F)F.F[n+]1ccc(-c2cc[n+](F)cc2)cc1. The lowest BCUT2D eigenvalue weighted by Gasteiger charge is -1.94. The first-order valence-electron chi connectivity index (χ1n) is 5.85. The Morgan fingerprint density at radius 3 is 0.833 bits per heavy atom. The van der Waals surface area contributed by atoms with Gasteiger partial charge in [-0.25, -0.2) is 0 Å². The molecule has 2 nitrogen and oxygen atoms in total. The Hall–Kier alpha value is -2.27. The maximum Gasteiger partial charge on any atom is 0.673 e. The van der Waals surface area contributed by atoms with Crippen LogP contribution in [0.1, 0.15) is 0 Å². The molecule has 14 heteroatoms. The Morgan fingerprint density at radius 1 is 0.500 bits per heavy atom. The summed E-state index contributed by atoms with van der Waals surface area (Å²) in [5, 5.41) is 0. The molecule has 0 unspecified atom stereocenters. The first-order chi connectivity index (χ1) is 10.8. The Morgan fingerprint density at radius 2 is 0.667 bits per heavy atom. The molecule has 0 radical (unpaired) electrons. The lowest BCUT2D eigenvalue weighted by atomic mass is 10.1. The molecule has 2 aromatic rings. The molecule has 2 aromatic heterocycles. The van der Waals surface area contributed by atoms with Crippen molar-refractivity contribution in [1.29, 1.82) is 0 Å². The highest BCUT2D eigenvalue weighted by molar-refractivity contribution is 6.50. The third-order valence-corrected chi connectivity index (χ3v) is 1.92. The van der Waals surface area contributed by atoms with Crippen LogP contribution < -0.4 is 9.58 Å². The van der Waals surface area contributed by atoms with Crippen molar-refractivity contribution in [3.05, 3.63) is 49.1 Å². The van der Waals surface area contributed by atoms with Gasteiger partial charge in [0.1, 0.15) is 0 Å².